The van der Waals surface area contributed by atoms with Crippen LogP contribution in [0.1, 0.15) is 36.9 Å². The standard InChI is InChI=1S/C15H20N2O/c1-9-5-10(2)16-14(6-9)17-15(18)13-8-11-3-4-12(13)7-11/h5-6,11-13H,3-4,7-8H2,1-2H3,(H,16,17,18)/t11-,12-,13+/m1/s1. The molecule has 2 bridgehead atoms. The van der Waals surface area contributed by atoms with Crippen molar-refractivity contribution in [1.29, 1.82) is 0 Å². The number of nitrogens with one attached hydrogen (secondary N) is 1. The zero-order chi connectivity index (χ0) is 12.7. The maximum Gasteiger partial charge on any atom is 0.228 e. The molecule has 1 amide bonds. The van der Waals surface area contributed by atoms with Gasteiger partial charge in [-0.3, -0.25) is 4.79 Å². The van der Waals surface area contributed by atoms with E-state index < -0.39 is 0 Å². The second-order valence-corrected chi connectivity index (χ2v) is 5.94. The van der Waals surface area contributed by atoms with Gasteiger partial charge in [0, 0.05) is 11.6 Å². The lowest BCUT2D eigenvalue weighted by Gasteiger charge is -2.20. The molecule has 96 valence electrons. The molecule has 1 aromatic rings. The van der Waals surface area contributed by atoms with E-state index in [1.165, 1.54) is 19.3 Å². The van der Waals surface area contributed by atoms with Gasteiger partial charge in [0.05, 0.1) is 0 Å². The van der Waals surface area contributed by atoms with Crippen LogP contribution < -0.4 is 5.32 Å². The zero-order valence-corrected chi connectivity index (χ0v) is 11.1. The number of aromatic nitrogens is 1. The summed E-state index contributed by atoms with van der Waals surface area (Å²) >= 11 is 0. The van der Waals surface area contributed by atoms with Crippen LogP contribution in [0.25, 0.3) is 0 Å². The lowest BCUT2D eigenvalue weighted by atomic mass is 9.88. The van der Waals surface area contributed by atoms with Crippen molar-refractivity contribution in [2.75, 3.05) is 5.32 Å². The summed E-state index contributed by atoms with van der Waals surface area (Å²) in [5.41, 5.74) is 2.10. The van der Waals surface area contributed by atoms with Gasteiger partial charge in [-0.25, -0.2) is 4.98 Å². The van der Waals surface area contributed by atoms with Crippen molar-refractivity contribution in [1.82, 2.24) is 4.98 Å². The number of nitrogens with zero attached hydrogens (tertiary/aromatic N) is 1. The third-order valence-corrected chi connectivity index (χ3v) is 4.42. The number of hydrogen-bond donors (Lipinski definition) is 1. The SMILES string of the molecule is Cc1cc(C)nc(NC(=O)[C@H]2C[C@@H]3CC[C@@H]2C3)c1. The molecule has 1 aromatic heterocycles. The monoisotopic (exact) mass is 244 g/mol. The second-order valence-electron chi connectivity index (χ2n) is 5.94. The molecule has 0 aromatic carbocycles. The minimum Gasteiger partial charge on any atom is -0.310 e. The highest BCUT2D eigenvalue weighted by molar-refractivity contribution is 5.92. The van der Waals surface area contributed by atoms with Crippen LogP contribution in [0.3, 0.4) is 0 Å². The van der Waals surface area contributed by atoms with E-state index in [1.807, 2.05) is 26.0 Å². The predicted octanol–water partition coefficient (Wildman–Crippen LogP) is 3.07. The summed E-state index contributed by atoms with van der Waals surface area (Å²) in [5.74, 6) is 2.55. The molecule has 2 aliphatic carbocycles. The summed E-state index contributed by atoms with van der Waals surface area (Å²) in [6.07, 6.45) is 4.92. The van der Waals surface area contributed by atoms with E-state index in [-0.39, 0.29) is 11.8 Å². The molecule has 3 heteroatoms. The van der Waals surface area contributed by atoms with Crippen molar-refractivity contribution in [3.05, 3.63) is 23.4 Å². The summed E-state index contributed by atoms with van der Waals surface area (Å²) in [4.78, 5) is 16.7. The number of carbonyl (C=O) groups is 1. The molecule has 3 nitrogen and oxygen atoms in total. The van der Waals surface area contributed by atoms with Crippen LogP contribution in [0.2, 0.25) is 0 Å². The Hall–Kier alpha value is -1.38. The average molecular weight is 244 g/mol. The third kappa shape index (κ3) is 2.14. The molecule has 3 atom stereocenters. The Kier molecular flexibility index (Phi) is 2.84. The first-order chi connectivity index (χ1) is 8.61. The minimum absolute atomic E-state index is 0.180. The van der Waals surface area contributed by atoms with Crippen molar-refractivity contribution < 1.29 is 4.79 Å². The number of hydrogen-bond acceptors (Lipinski definition) is 2. The molecule has 2 saturated carbocycles. The Morgan fingerprint density at radius 3 is 2.72 bits per heavy atom. The molecule has 2 fully saturated rings. The predicted molar refractivity (Wildman–Crippen MR) is 71.3 cm³/mol. The van der Waals surface area contributed by atoms with E-state index >= 15 is 0 Å². The van der Waals surface area contributed by atoms with Gasteiger partial charge in [-0.1, -0.05) is 6.42 Å². The Labute approximate surface area is 108 Å². The first-order valence-corrected chi connectivity index (χ1v) is 6.88. The van der Waals surface area contributed by atoms with Crippen molar-refractivity contribution in [2.45, 2.75) is 39.5 Å². The molecule has 1 N–H and O–H groups in total. The molecule has 0 unspecified atom stereocenters. The maximum atomic E-state index is 12.3. The van der Waals surface area contributed by atoms with Crippen LogP contribution >= 0.6 is 0 Å². The van der Waals surface area contributed by atoms with E-state index in [0.29, 0.717) is 11.7 Å². The zero-order valence-electron chi connectivity index (χ0n) is 11.1. The molecule has 2 aliphatic rings. The number of amides is 1. The number of carbonyl (C=O) groups excluding carboxylic acids is 1. The highest BCUT2D eigenvalue weighted by atomic mass is 16.2. The molecule has 1 heterocycles. The maximum absolute atomic E-state index is 12.3. The van der Waals surface area contributed by atoms with Crippen LogP contribution in [-0.4, -0.2) is 10.9 Å². The highest BCUT2D eigenvalue weighted by Crippen LogP contribution is 2.48. The van der Waals surface area contributed by atoms with Crippen molar-refractivity contribution in [3.63, 3.8) is 0 Å². The molecular weight excluding hydrogens is 224 g/mol. The number of pyridine rings is 1. The fraction of sp³-hybridized carbons (Fsp3) is 0.600. The summed E-state index contributed by atoms with van der Waals surface area (Å²) < 4.78 is 0. The van der Waals surface area contributed by atoms with E-state index in [9.17, 15) is 4.79 Å². The van der Waals surface area contributed by atoms with Crippen LogP contribution in [0.5, 0.6) is 0 Å². The van der Waals surface area contributed by atoms with Gasteiger partial charge in [-0.15, -0.1) is 0 Å². The van der Waals surface area contributed by atoms with Crippen molar-refractivity contribution in [2.24, 2.45) is 17.8 Å². The number of aryl methyl sites for hydroxylation is 2. The van der Waals surface area contributed by atoms with Crippen LogP contribution in [-0.2, 0) is 4.79 Å². The van der Waals surface area contributed by atoms with Gasteiger partial charge in [0.2, 0.25) is 5.91 Å². The summed E-state index contributed by atoms with van der Waals surface area (Å²) in [6, 6.07) is 3.96. The van der Waals surface area contributed by atoms with Crippen LogP contribution in [0.4, 0.5) is 5.82 Å². The Balaban J connectivity index is 1.70. The quantitative estimate of drug-likeness (QED) is 0.868. The van der Waals surface area contributed by atoms with Gasteiger partial charge in [0.25, 0.3) is 0 Å². The summed E-state index contributed by atoms with van der Waals surface area (Å²) in [7, 11) is 0. The normalized spacial score (nSPS) is 29.6. The van der Waals surface area contributed by atoms with E-state index in [1.54, 1.807) is 0 Å². The third-order valence-electron chi connectivity index (χ3n) is 4.42. The number of anilines is 1. The largest absolute Gasteiger partial charge is 0.310 e. The second kappa shape index (κ2) is 4.38. The average Bonchev–Trinajstić information content (AvgIpc) is 2.88. The van der Waals surface area contributed by atoms with Gasteiger partial charge in [-0.2, -0.15) is 0 Å². The molecule has 0 saturated heterocycles. The van der Waals surface area contributed by atoms with E-state index in [4.69, 9.17) is 0 Å². The highest BCUT2D eigenvalue weighted by Gasteiger charge is 2.43. The molecule has 0 radical (unpaired) electrons. The van der Waals surface area contributed by atoms with E-state index in [2.05, 4.69) is 10.3 Å². The number of fused-ring (bicyclic) bond motifs is 2. The van der Waals surface area contributed by atoms with Gasteiger partial charge in [-0.05, 0) is 62.6 Å². The van der Waals surface area contributed by atoms with E-state index in [0.717, 1.165) is 23.6 Å². The van der Waals surface area contributed by atoms with Crippen molar-refractivity contribution >= 4 is 11.7 Å². The lowest BCUT2D eigenvalue weighted by molar-refractivity contribution is -0.121. The summed E-state index contributed by atoms with van der Waals surface area (Å²) in [6.45, 7) is 3.99. The molecule has 3 rings (SSSR count). The lowest BCUT2D eigenvalue weighted by Crippen LogP contribution is -2.27. The van der Waals surface area contributed by atoms with Gasteiger partial charge in [0.1, 0.15) is 5.82 Å². The Morgan fingerprint density at radius 1 is 1.28 bits per heavy atom. The molecular formula is C15H20N2O. The molecule has 0 spiro atoms. The fourth-order valence-corrected chi connectivity index (χ4v) is 3.69. The molecule has 18 heavy (non-hydrogen) atoms. The first kappa shape index (κ1) is 11.7. The van der Waals surface area contributed by atoms with Gasteiger partial charge in [0.15, 0.2) is 0 Å². The Bertz CT molecular complexity index is 463. The van der Waals surface area contributed by atoms with Crippen molar-refractivity contribution in [3.8, 4) is 0 Å². The topological polar surface area (TPSA) is 42.0 Å². The Morgan fingerprint density at radius 2 is 2.11 bits per heavy atom. The fourth-order valence-electron chi connectivity index (χ4n) is 3.69. The summed E-state index contributed by atoms with van der Waals surface area (Å²) in [5, 5.41) is 3.00. The van der Waals surface area contributed by atoms with Crippen LogP contribution in [0.15, 0.2) is 12.1 Å². The van der Waals surface area contributed by atoms with Gasteiger partial charge < -0.3 is 5.32 Å². The smallest absolute Gasteiger partial charge is 0.228 e. The van der Waals surface area contributed by atoms with Crippen LogP contribution in [0, 0.1) is 31.6 Å². The molecule has 0 aliphatic heterocycles. The van der Waals surface area contributed by atoms with Gasteiger partial charge >= 0.3 is 0 Å². The first-order valence-electron chi connectivity index (χ1n) is 6.88. The number of rotatable bonds is 2. The minimum atomic E-state index is 0.180.